The maximum absolute atomic E-state index is 6.69. The van der Waals surface area contributed by atoms with Gasteiger partial charge in [0.2, 0.25) is 5.89 Å². The Morgan fingerprint density at radius 1 is 0.500 bits per heavy atom. The van der Waals surface area contributed by atoms with E-state index in [2.05, 4.69) is 68.4 Å². The lowest BCUT2D eigenvalue weighted by Gasteiger charge is -2.21. The molecule has 6 aromatic carbocycles. The second-order valence-electron chi connectivity index (χ2n) is 12.3. The minimum Gasteiger partial charge on any atom is -0.435 e. The number of nitrogens with zero attached hydrogens (tertiary/aromatic N) is 4. The van der Waals surface area contributed by atoms with Crippen LogP contribution in [0.15, 0.2) is 138 Å². The smallest absolute Gasteiger partial charge is 0.227 e. The van der Waals surface area contributed by atoms with Crippen molar-refractivity contribution >= 4 is 21.9 Å². The number of hydrogen-bond donors (Lipinski definition) is 0. The van der Waals surface area contributed by atoms with Crippen LogP contribution in [0.2, 0.25) is 0 Å². The van der Waals surface area contributed by atoms with E-state index in [4.69, 9.17) is 24.4 Å². The average Bonchev–Trinajstić information content (AvgIpc) is 3.66. The van der Waals surface area contributed by atoms with Crippen LogP contribution in [0.5, 0.6) is 0 Å². The van der Waals surface area contributed by atoms with Crippen molar-refractivity contribution in [1.82, 2.24) is 19.9 Å². The molecule has 0 spiro atoms. The van der Waals surface area contributed by atoms with E-state index in [1.54, 1.807) is 0 Å². The first-order valence-corrected chi connectivity index (χ1v) is 15.5. The Kier molecular flexibility index (Phi) is 5.78. The summed E-state index contributed by atoms with van der Waals surface area (Å²) in [5.41, 5.74) is 10.3. The lowest BCUT2D eigenvalue weighted by Crippen LogP contribution is -2.14. The SMILES string of the molecule is CC1(C)c2ccccc2-c2c1ccc1ccc3nc(-c4cccc(-c5nc(-c6ccccc6)nc(-c6ccccc6)n5)c4)oc3c21. The lowest BCUT2D eigenvalue weighted by atomic mass is 9.82. The van der Waals surface area contributed by atoms with E-state index < -0.39 is 0 Å². The molecule has 46 heavy (non-hydrogen) atoms. The summed E-state index contributed by atoms with van der Waals surface area (Å²) in [7, 11) is 0. The molecular formula is C41H28N4O. The fourth-order valence-electron chi connectivity index (χ4n) is 6.84. The monoisotopic (exact) mass is 592 g/mol. The highest BCUT2D eigenvalue weighted by Gasteiger charge is 2.36. The Morgan fingerprint density at radius 2 is 1.09 bits per heavy atom. The van der Waals surface area contributed by atoms with Gasteiger partial charge in [-0.2, -0.15) is 0 Å². The van der Waals surface area contributed by atoms with Gasteiger partial charge in [-0.15, -0.1) is 0 Å². The molecule has 0 N–H and O–H groups in total. The number of fused-ring (bicyclic) bond motifs is 7. The number of rotatable bonds is 4. The van der Waals surface area contributed by atoms with Gasteiger partial charge in [0.05, 0.1) is 0 Å². The summed E-state index contributed by atoms with van der Waals surface area (Å²) in [6.45, 7) is 4.60. The maximum atomic E-state index is 6.69. The van der Waals surface area contributed by atoms with Crippen molar-refractivity contribution in [1.29, 1.82) is 0 Å². The number of benzene rings is 6. The summed E-state index contributed by atoms with van der Waals surface area (Å²) in [6.07, 6.45) is 0. The van der Waals surface area contributed by atoms with E-state index in [-0.39, 0.29) is 5.41 Å². The molecule has 2 aromatic heterocycles. The molecule has 0 saturated heterocycles. The van der Waals surface area contributed by atoms with Gasteiger partial charge in [-0.3, -0.25) is 0 Å². The van der Waals surface area contributed by atoms with Crippen LogP contribution in [0.1, 0.15) is 25.0 Å². The van der Waals surface area contributed by atoms with E-state index >= 15 is 0 Å². The first-order chi connectivity index (χ1) is 22.5. The predicted octanol–water partition coefficient (Wildman–Crippen LogP) is 10.1. The fourth-order valence-corrected chi connectivity index (χ4v) is 6.84. The molecule has 0 aliphatic heterocycles. The predicted molar refractivity (Wildman–Crippen MR) is 184 cm³/mol. The van der Waals surface area contributed by atoms with Gasteiger partial charge in [-0.25, -0.2) is 19.9 Å². The first kappa shape index (κ1) is 26.5. The van der Waals surface area contributed by atoms with Gasteiger partial charge in [0.25, 0.3) is 0 Å². The number of aromatic nitrogens is 4. The van der Waals surface area contributed by atoms with Crippen molar-refractivity contribution in [3.05, 3.63) is 145 Å². The van der Waals surface area contributed by atoms with E-state index in [1.807, 2.05) is 78.9 Å². The Morgan fingerprint density at radius 3 is 1.80 bits per heavy atom. The van der Waals surface area contributed by atoms with Gasteiger partial charge in [0.15, 0.2) is 23.1 Å². The molecule has 1 aliphatic carbocycles. The van der Waals surface area contributed by atoms with Crippen molar-refractivity contribution in [3.63, 3.8) is 0 Å². The maximum Gasteiger partial charge on any atom is 0.227 e. The highest BCUT2D eigenvalue weighted by Crippen LogP contribution is 2.52. The molecule has 0 unspecified atom stereocenters. The molecule has 0 amide bonds. The Balaban J connectivity index is 1.20. The Bertz CT molecular complexity index is 2390. The second kappa shape index (κ2) is 10.0. The summed E-state index contributed by atoms with van der Waals surface area (Å²) in [6, 6.07) is 45.5. The van der Waals surface area contributed by atoms with Gasteiger partial charge in [0.1, 0.15) is 5.52 Å². The van der Waals surface area contributed by atoms with Gasteiger partial charge >= 0.3 is 0 Å². The van der Waals surface area contributed by atoms with E-state index in [1.165, 1.54) is 22.3 Å². The van der Waals surface area contributed by atoms with Gasteiger partial charge in [0, 0.05) is 33.1 Å². The van der Waals surface area contributed by atoms with Crippen molar-refractivity contribution in [2.75, 3.05) is 0 Å². The average molecular weight is 593 g/mol. The summed E-state index contributed by atoms with van der Waals surface area (Å²) >= 11 is 0. The summed E-state index contributed by atoms with van der Waals surface area (Å²) < 4.78 is 6.69. The topological polar surface area (TPSA) is 64.7 Å². The quantitative estimate of drug-likeness (QED) is 0.203. The first-order valence-electron chi connectivity index (χ1n) is 15.5. The molecular weight excluding hydrogens is 564 g/mol. The summed E-state index contributed by atoms with van der Waals surface area (Å²) in [5.74, 6) is 2.40. The van der Waals surface area contributed by atoms with Crippen LogP contribution in [-0.4, -0.2) is 19.9 Å². The number of oxazole rings is 1. The highest BCUT2D eigenvalue weighted by molar-refractivity contribution is 6.14. The van der Waals surface area contributed by atoms with Crippen molar-refractivity contribution in [2.24, 2.45) is 0 Å². The van der Waals surface area contributed by atoms with Crippen LogP contribution >= 0.6 is 0 Å². The Labute approximate surface area is 266 Å². The zero-order valence-electron chi connectivity index (χ0n) is 25.4. The number of hydrogen-bond acceptors (Lipinski definition) is 5. The van der Waals surface area contributed by atoms with Crippen LogP contribution in [0, 0.1) is 0 Å². The van der Waals surface area contributed by atoms with Crippen LogP contribution in [-0.2, 0) is 5.41 Å². The van der Waals surface area contributed by atoms with Crippen molar-refractivity contribution in [3.8, 4) is 56.7 Å². The second-order valence-corrected chi connectivity index (χ2v) is 12.3. The molecule has 0 fully saturated rings. The van der Waals surface area contributed by atoms with Crippen molar-refractivity contribution < 1.29 is 4.42 Å². The molecule has 0 saturated carbocycles. The van der Waals surface area contributed by atoms with E-state index in [0.717, 1.165) is 44.1 Å². The van der Waals surface area contributed by atoms with Crippen LogP contribution in [0.3, 0.4) is 0 Å². The molecule has 0 atom stereocenters. The summed E-state index contributed by atoms with van der Waals surface area (Å²) in [4.78, 5) is 19.7. The lowest BCUT2D eigenvalue weighted by molar-refractivity contribution is 0.623. The van der Waals surface area contributed by atoms with Crippen LogP contribution in [0.4, 0.5) is 0 Å². The molecule has 9 rings (SSSR count). The van der Waals surface area contributed by atoms with E-state index in [0.29, 0.717) is 23.4 Å². The zero-order chi connectivity index (χ0) is 30.8. The third-order valence-electron chi connectivity index (χ3n) is 9.15. The fraction of sp³-hybridized carbons (Fsp3) is 0.0732. The Hall–Kier alpha value is -5.94. The molecule has 8 aromatic rings. The van der Waals surface area contributed by atoms with E-state index in [9.17, 15) is 0 Å². The largest absolute Gasteiger partial charge is 0.435 e. The highest BCUT2D eigenvalue weighted by atomic mass is 16.3. The van der Waals surface area contributed by atoms with Gasteiger partial charge in [-0.1, -0.05) is 129 Å². The van der Waals surface area contributed by atoms with Crippen LogP contribution < -0.4 is 0 Å². The summed E-state index contributed by atoms with van der Waals surface area (Å²) in [5, 5.41) is 2.25. The van der Waals surface area contributed by atoms with Crippen molar-refractivity contribution in [2.45, 2.75) is 19.3 Å². The molecule has 2 heterocycles. The van der Waals surface area contributed by atoms with Crippen LogP contribution in [0.25, 0.3) is 78.6 Å². The van der Waals surface area contributed by atoms with Gasteiger partial charge < -0.3 is 4.42 Å². The van der Waals surface area contributed by atoms with Gasteiger partial charge in [-0.05, 0) is 45.8 Å². The molecule has 1 aliphatic rings. The third-order valence-corrected chi connectivity index (χ3v) is 9.15. The minimum absolute atomic E-state index is 0.0960. The molecule has 0 radical (unpaired) electrons. The molecule has 5 heteroatoms. The molecule has 218 valence electrons. The zero-order valence-corrected chi connectivity index (χ0v) is 25.4. The minimum atomic E-state index is -0.0960. The normalized spacial score (nSPS) is 13.2. The third kappa shape index (κ3) is 4.09. The molecule has 0 bridgehead atoms. The molecule has 5 nitrogen and oxygen atoms in total. The standard InChI is InChI=1S/C41H28N4O/c1-41(2)31-19-10-9-18-30(31)35-32(41)22-20-25-21-23-33-36(34(25)35)46-40(42-33)29-17-11-16-28(24-29)39-44-37(26-12-5-3-6-13-26)43-38(45-39)27-14-7-4-8-15-27/h3-24H,1-2H3.